The van der Waals surface area contributed by atoms with Crippen LogP contribution in [0, 0.1) is 0 Å². The third-order valence-electron chi connectivity index (χ3n) is 6.56. The second-order valence-electron chi connectivity index (χ2n) is 8.30. The minimum absolute atomic E-state index is 0.416. The Labute approximate surface area is 186 Å². The molecule has 2 aromatic heterocycles. The first-order valence-electron chi connectivity index (χ1n) is 10.5. The maximum atomic E-state index is 6.40. The van der Waals surface area contributed by atoms with Gasteiger partial charge < -0.3 is 27.8 Å². The average molecular weight is 434 g/mol. The van der Waals surface area contributed by atoms with Gasteiger partial charge in [-0.3, -0.25) is 0 Å². The molecule has 0 amide bonds. The molecule has 0 radical (unpaired) electrons. The Morgan fingerprint density at radius 2 is 1.38 bits per heavy atom. The molecule has 0 N–H and O–H groups in total. The van der Waals surface area contributed by atoms with Gasteiger partial charge in [0, 0.05) is 28.5 Å². The van der Waals surface area contributed by atoms with Gasteiger partial charge in [0.1, 0.15) is 22.7 Å². The molecule has 32 heavy (non-hydrogen) atoms. The highest BCUT2D eigenvalue weighted by Crippen LogP contribution is 2.52. The van der Waals surface area contributed by atoms with E-state index in [-0.39, 0.29) is 0 Å². The van der Waals surface area contributed by atoms with Crippen molar-refractivity contribution in [3.63, 3.8) is 0 Å². The molecule has 0 saturated carbocycles. The van der Waals surface area contributed by atoms with Crippen LogP contribution < -0.4 is 18.9 Å². The molecule has 0 unspecified atom stereocenters. The first-order chi connectivity index (χ1) is 15.4. The Bertz CT molecular complexity index is 1320. The standard InChI is InChI=1S/C26H26O6/c1-14-7-8-26(2,23-10-15-9-19(27-3)21(29-5)12-17(15)31-23)24-16-11-20(28-4)22(30-6)13-18(16)32-25(14)24/h9-13H,1,7-8H2,2-6H3/t26-/m0/s1. The Hall–Kier alpha value is -3.54. The van der Waals surface area contributed by atoms with Crippen LogP contribution in [-0.2, 0) is 5.41 Å². The van der Waals surface area contributed by atoms with Crippen LogP contribution in [-0.4, -0.2) is 28.4 Å². The molecule has 1 aliphatic rings. The molecule has 6 nitrogen and oxygen atoms in total. The van der Waals surface area contributed by atoms with Gasteiger partial charge >= 0.3 is 0 Å². The van der Waals surface area contributed by atoms with Gasteiger partial charge in [0.25, 0.3) is 0 Å². The second-order valence-corrected chi connectivity index (χ2v) is 8.30. The fraction of sp³-hybridized carbons (Fsp3) is 0.308. The molecule has 2 heterocycles. The fourth-order valence-electron chi connectivity index (χ4n) is 4.74. The quantitative estimate of drug-likeness (QED) is 0.366. The number of methoxy groups -OCH3 is 4. The van der Waals surface area contributed by atoms with Crippen molar-refractivity contribution >= 4 is 27.5 Å². The summed E-state index contributed by atoms with van der Waals surface area (Å²) in [6, 6.07) is 9.73. The molecule has 6 heteroatoms. The van der Waals surface area contributed by atoms with Crippen LogP contribution in [0.1, 0.15) is 36.8 Å². The monoisotopic (exact) mass is 434 g/mol. The smallest absolute Gasteiger partial charge is 0.164 e. The van der Waals surface area contributed by atoms with E-state index in [1.165, 1.54) is 0 Å². The van der Waals surface area contributed by atoms with Gasteiger partial charge in [0.2, 0.25) is 0 Å². The number of benzene rings is 2. The van der Waals surface area contributed by atoms with E-state index in [2.05, 4.69) is 19.6 Å². The molecule has 1 aliphatic carbocycles. The summed E-state index contributed by atoms with van der Waals surface area (Å²) in [5.41, 5.74) is 3.10. The molecule has 166 valence electrons. The SMILES string of the molecule is C=C1CC[C@@](C)(c2cc3cc(OC)c(OC)cc3o2)c2c1oc1cc(OC)c(OC)cc21. The number of fused-ring (bicyclic) bond motifs is 4. The number of hydrogen-bond donors (Lipinski definition) is 0. The first-order valence-corrected chi connectivity index (χ1v) is 10.5. The minimum Gasteiger partial charge on any atom is -0.493 e. The molecule has 5 rings (SSSR count). The van der Waals surface area contributed by atoms with Gasteiger partial charge in [-0.1, -0.05) is 6.58 Å². The van der Waals surface area contributed by atoms with Crippen LogP contribution in [0.15, 0.2) is 45.7 Å². The normalized spacial score (nSPS) is 18.1. The largest absolute Gasteiger partial charge is 0.493 e. The molecule has 1 atom stereocenters. The van der Waals surface area contributed by atoms with E-state index in [0.717, 1.165) is 57.4 Å². The summed E-state index contributed by atoms with van der Waals surface area (Å²) in [7, 11) is 6.50. The number of ether oxygens (including phenoxy) is 4. The number of hydrogen-bond acceptors (Lipinski definition) is 6. The Balaban J connectivity index is 1.76. The Kier molecular flexibility index (Phi) is 4.62. The van der Waals surface area contributed by atoms with Crippen molar-refractivity contribution in [2.75, 3.05) is 28.4 Å². The molecule has 0 bridgehead atoms. The molecule has 2 aromatic carbocycles. The van der Waals surface area contributed by atoms with Gasteiger partial charge in [-0.05, 0) is 43.5 Å². The van der Waals surface area contributed by atoms with E-state index in [0.29, 0.717) is 23.0 Å². The predicted molar refractivity (Wildman–Crippen MR) is 123 cm³/mol. The summed E-state index contributed by atoms with van der Waals surface area (Å²) >= 11 is 0. The van der Waals surface area contributed by atoms with Crippen molar-refractivity contribution in [3.8, 4) is 23.0 Å². The molecular weight excluding hydrogens is 408 g/mol. The molecule has 0 fully saturated rings. The van der Waals surface area contributed by atoms with Gasteiger partial charge in [-0.2, -0.15) is 0 Å². The van der Waals surface area contributed by atoms with E-state index in [1.54, 1.807) is 28.4 Å². The van der Waals surface area contributed by atoms with Crippen molar-refractivity contribution in [2.24, 2.45) is 0 Å². The van der Waals surface area contributed by atoms with Crippen LogP contribution in [0.5, 0.6) is 23.0 Å². The lowest BCUT2D eigenvalue weighted by Gasteiger charge is -2.32. The summed E-state index contributed by atoms with van der Waals surface area (Å²) in [4.78, 5) is 0. The van der Waals surface area contributed by atoms with Crippen molar-refractivity contribution < 1.29 is 27.8 Å². The average Bonchev–Trinajstić information content (AvgIpc) is 3.41. The van der Waals surface area contributed by atoms with E-state index < -0.39 is 5.41 Å². The summed E-state index contributed by atoms with van der Waals surface area (Å²) in [6.07, 6.45) is 1.65. The second kappa shape index (κ2) is 7.26. The van der Waals surface area contributed by atoms with Crippen molar-refractivity contribution in [1.82, 2.24) is 0 Å². The van der Waals surface area contributed by atoms with Crippen LogP contribution in [0.3, 0.4) is 0 Å². The van der Waals surface area contributed by atoms with E-state index >= 15 is 0 Å². The lowest BCUT2D eigenvalue weighted by atomic mass is 9.70. The Morgan fingerprint density at radius 1 is 0.781 bits per heavy atom. The topological polar surface area (TPSA) is 63.2 Å². The number of furan rings is 2. The van der Waals surface area contributed by atoms with Crippen LogP contribution in [0.4, 0.5) is 0 Å². The van der Waals surface area contributed by atoms with E-state index in [9.17, 15) is 0 Å². The third-order valence-corrected chi connectivity index (χ3v) is 6.56. The van der Waals surface area contributed by atoms with E-state index in [4.69, 9.17) is 27.8 Å². The zero-order valence-electron chi connectivity index (χ0n) is 19.0. The zero-order chi connectivity index (χ0) is 22.6. The summed E-state index contributed by atoms with van der Waals surface area (Å²) in [5, 5.41) is 1.92. The lowest BCUT2D eigenvalue weighted by Crippen LogP contribution is -2.27. The van der Waals surface area contributed by atoms with Gasteiger partial charge in [0.15, 0.2) is 23.0 Å². The van der Waals surface area contributed by atoms with Crippen LogP contribution >= 0.6 is 0 Å². The van der Waals surface area contributed by atoms with Gasteiger partial charge in [-0.15, -0.1) is 0 Å². The summed E-state index contributed by atoms with van der Waals surface area (Å²) in [5.74, 6) is 4.24. The highest BCUT2D eigenvalue weighted by atomic mass is 16.5. The Morgan fingerprint density at radius 3 is 2.03 bits per heavy atom. The predicted octanol–water partition coefficient (Wildman–Crippen LogP) is 6.33. The summed E-state index contributed by atoms with van der Waals surface area (Å²) in [6.45, 7) is 6.45. The van der Waals surface area contributed by atoms with Crippen molar-refractivity contribution in [1.29, 1.82) is 0 Å². The van der Waals surface area contributed by atoms with Crippen LogP contribution in [0.2, 0.25) is 0 Å². The molecular formula is C26H26O6. The van der Waals surface area contributed by atoms with Gasteiger partial charge in [0.05, 0.1) is 33.9 Å². The van der Waals surface area contributed by atoms with Crippen LogP contribution in [0.25, 0.3) is 27.5 Å². The van der Waals surface area contributed by atoms with Gasteiger partial charge in [-0.25, -0.2) is 0 Å². The molecule has 4 aromatic rings. The van der Waals surface area contributed by atoms with E-state index in [1.807, 2.05) is 24.3 Å². The maximum absolute atomic E-state index is 6.40. The zero-order valence-corrected chi connectivity index (χ0v) is 19.0. The third kappa shape index (κ3) is 2.79. The minimum atomic E-state index is -0.416. The maximum Gasteiger partial charge on any atom is 0.164 e. The molecule has 0 aliphatic heterocycles. The summed E-state index contributed by atoms with van der Waals surface area (Å²) < 4.78 is 34.6. The number of rotatable bonds is 5. The fourth-order valence-corrected chi connectivity index (χ4v) is 4.74. The first kappa shape index (κ1) is 20.4. The van der Waals surface area contributed by atoms with Crippen molar-refractivity contribution in [3.05, 3.63) is 54.0 Å². The molecule has 0 saturated heterocycles. The lowest BCUT2D eigenvalue weighted by molar-refractivity contribution is 0.354. The van der Waals surface area contributed by atoms with Crippen molar-refractivity contribution in [2.45, 2.75) is 25.2 Å². The molecule has 0 spiro atoms. The highest BCUT2D eigenvalue weighted by Gasteiger charge is 2.42. The highest BCUT2D eigenvalue weighted by molar-refractivity contribution is 5.92. The number of allylic oxidation sites excluding steroid dienone is 1.